The van der Waals surface area contributed by atoms with Crippen LogP contribution in [0, 0.1) is 5.92 Å². The van der Waals surface area contributed by atoms with E-state index in [1.807, 2.05) is 12.3 Å². The number of aryl methyl sites for hydroxylation is 1. The van der Waals surface area contributed by atoms with E-state index < -0.39 is 0 Å². The second kappa shape index (κ2) is 6.41. The highest BCUT2D eigenvalue weighted by Gasteiger charge is 2.19. The Kier molecular flexibility index (Phi) is 4.58. The molecule has 1 aliphatic rings. The maximum atomic E-state index is 5.91. The summed E-state index contributed by atoms with van der Waals surface area (Å²) in [5, 5.41) is 0. The maximum Gasteiger partial charge on any atom is 0.160 e. The largest absolute Gasteiger partial charge is 0.381 e. The molecular weight excluding hydrogens is 342 g/mol. The normalized spacial score (nSPS) is 16.9. The molecule has 0 N–H and O–H groups in total. The highest BCUT2D eigenvalue weighted by Crippen LogP contribution is 2.23. The predicted octanol–water partition coefficient (Wildman–Crippen LogP) is 3.40. The minimum atomic E-state index is 0.582. The fraction of sp³-hybridized carbons (Fsp3) is 0.571. The Morgan fingerprint density at radius 2 is 2.20 bits per heavy atom. The summed E-state index contributed by atoms with van der Waals surface area (Å²) in [6, 6.07) is 2.01. The van der Waals surface area contributed by atoms with Crippen LogP contribution in [0.2, 0.25) is 0 Å². The van der Waals surface area contributed by atoms with Crippen LogP contribution in [0.1, 0.15) is 18.7 Å². The van der Waals surface area contributed by atoms with E-state index in [9.17, 15) is 0 Å². The topological polar surface area (TPSA) is 39.9 Å². The molecule has 0 radical (unpaired) electrons. The van der Waals surface area contributed by atoms with Gasteiger partial charge in [-0.25, -0.2) is 9.97 Å². The number of ether oxygens (including phenoxy) is 1. The lowest BCUT2D eigenvalue weighted by atomic mass is 10.0. The van der Waals surface area contributed by atoms with Crippen LogP contribution in [-0.4, -0.2) is 33.6 Å². The van der Waals surface area contributed by atoms with Crippen molar-refractivity contribution < 1.29 is 4.74 Å². The number of alkyl halides is 1. The van der Waals surface area contributed by atoms with Crippen molar-refractivity contribution in [1.29, 1.82) is 0 Å². The van der Waals surface area contributed by atoms with Crippen molar-refractivity contribution in [2.45, 2.75) is 25.8 Å². The molecule has 2 aromatic rings. The van der Waals surface area contributed by atoms with Crippen LogP contribution < -0.4 is 0 Å². The van der Waals surface area contributed by atoms with E-state index in [4.69, 9.17) is 16.3 Å². The first-order valence-corrected chi connectivity index (χ1v) is 8.25. The second-order valence-electron chi connectivity index (χ2n) is 5.13. The molecule has 0 atom stereocenters. The van der Waals surface area contributed by atoms with Crippen molar-refractivity contribution in [3.63, 3.8) is 0 Å². The van der Waals surface area contributed by atoms with Crippen molar-refractivity contribution in [3.8, 4) is 0 Å². The zero-order chi connectivity index (χ0) is 13.9. The molecule has 0 amide bonds. The Bertz CT molecular complexity index is 595. The van der Waals surface area contributed by atoms with Crippen molar-refractivity contribution in [1.82, 2.24) is 14.5 Å². The average molecular weight is 359 g/mol. The molecular formula is C14H17BrClN3O. The van der Waals surface area contributed by atoms with Crippen LogP contribution in [-0.2, 0) is 17.7 Å². The Morgan fingerprint density at radius 3 is 2.95 bits per heavy atom. The van der Waals surface area contributed by atoms with Gasteiger partial charge in [0.25, 0.3) is 0 Å². The predicted molar refractivity (Wildman–Crippen MR) is 83.2 cm³/mol. The van der Waals surface area contributed by atoms with Gasteiger partial charge in [-0.2, -0.15) is 0 Å². The highest BCUT2D eigenvalue weighted by molar-refractivity contribution is 9.10. The van der Waals surface area contributed by atoms with Crippen molar-refractivity contribution in [3.05, 3.63) is 22.6 Å². The van der Waals surface area contributed by atoms with Crippen molar-refractivity contribution in [2.24, 2.45) is 5.92 Å². The monoisotopic (exact) mass is 357 g/mol. The van der Waals surface area contributed by atoms with E-state index in [1.165, 1.54) is 0 Å². The van der Waals surface area contributed by atoms with E-state index in [0.29, 0.717) is 11.8 Å². The summed E-state index contributed by atoms with van der Waals surface area (Å²) in [7, 11) is 0. The maximum absolute atomic E-state index is 5.91. The molecule has 1 saturated heterocycles. The van der Waals surface area contributed by atoms with Gasteiger partial charge in [-0.05, 0) is 40.8 Å². The standard InChI is InChI=1S/C14H17BrClN3O/c15-11-7-12-14(17-8-11)19(13(18-12)1-4-16)9-10-2-5-20-6-3-10/h7-8,10H,1-6,9H2. The van der Waals surface area contributed by atoms with Gasteiger partial charge in [0.2, 0.25) is 0 Å². The van der Waals surface area contributed by atoms with E-state index in [2.05, 4.69) is 30.5 Å². The zero-order valence-corrected chi connectivity index (χ0v) is 13.5. The third-order valence-corrected chi connectivity index (χ3v) is 4.35. The van der Waals surface area contributed by atoms with Gasteiger partial charge in [-0.1, -0.05) is 0 Å². The van der Waals surface area contributed by atoms with Crippen LogP contribution in [0.15, 0.2) is 16.7 Å². The lowest BCUT2D eigenvalue weighted by molar-refractivity contribution is 0.0613. The Labute approximate surface area is 131 Å². The Balaban J connectivity index is 1.95. The smallest absolute Gasteiger partial charge is 0.160 e. The number of rotatable bonds is 4. The second-order valence-corrected chi connectivity index (χ2v) is 6.42. The SMILES string of the molecule is ClCCc1nc2cc(Br)cnc2n1CC1CCOCC1. The number of pyridine rings is 1. The van der Waals surface area contributed by atoms with Gasteiger partial charge in [-0.3, -0.25) is 0 Å². The van der Waals surface area contributed by atoms with Gasteiger partial charge in [0, 0.05) is 42.7 Å². The molecule has 2 aromatic heterocycles. The van der Waals surface area contributed by atoms with Crippen LogP contribution in [0.4, 0.5) is 0 Å². The lowest BCUT2D eigenvalue weighted by Gasteiger charge is -2.23. The molecule has 1 aliphatic heterocycles. The fourth-order valence-electron chi connectivity index (χ4n) is 2.69. The summed E-state index contributed by atoms with van der Waals surface area (Å²) >= 11 is 9.36. The van der Waals surface area contributed by atoms with Gasteiger partial charge < -0.3 is 9.30 Å². The molecule has 20 heavy (non-hydrogen) atoms. The van der Waals surface area contributed by atoms with Crippen LogP contribution in [0.25, 0.3) is 11.2 Å². The number of imidazole rings is 1. The quantitative estimate of drug-likeness (QED) is 0.786. The third kappa shape index (κ3) is 3.00. The minimum Gasteiger partial charge on any atom is -0.381 e. The molecule has 1 fully saturated rings. The number of fused-ring (bicyclic) bond motifs is 1. The van der Waals surface area contributed by atoms with Crippen molar-refractivity contribution >= 4 is 38.7 Å². The molecule has 3 heterocycles. The molecule has 6 heteroatoms. The summed E-state index contributed by atoms with van der Waals surface area (Å²) in [5.41, 5.74) is 1.89. The van der Waals surface area contributed by atoms with Gasteiger partial charge in [0.05, 0.1) is 0 Å². The molecule has 0 aromatic carbocycles. The van der Waals surface area contributed by atoms with Crippen LogP contribution in [0.3, 0.4) is 0 Å². The summed E-state index contributed by atoms with van der Waals surface area (Å²) in [4.78, 5) is 9.21. The van der Waals surface area contributed by atoms with Gasteiger partial charge in [-0.15, -0.1) is 11.6 Å². The zero-order valence-electron chi connectivity index (χ0n) is 11.2. The summed E-state index contributed by atoms with van der Waals surface area (Å²) in [6.07, 6.45) is 4.82. The molecule has 108 valence electrons. The minimum absolute atomic E-state index is 0.582. The molecule has 4 nitrogen and oxygen atoms in total. The lowest BCUT2D eigenvalue weighted by Crippen LogP contribution is -2.21. The summed E-state index contributed by atoms with van der Waals surface area (Å²) < 4.78 is 8.62. The first-order valence-electron chi connectivity index (χ1n) is 6.92. The average Bonchev–Trinajstić information content (AvgIpc) is 2.77. The van der Waals surface area contributed by atoms with E-state index >= 15 is 0 Å². The Morgan fingerprint density at radius 1 is 1.40 bits per heavy atom. The molecule has 0 unspecified atom stereocenters. The third-order valence-electron chi connectivity index (χ3n) is 3.73. The molecule has 0 aliphatic carbocycles. The summed E-state index contributed by atoms with van der Waals surface area (Å²) in [6.45, 7) is 2.68. The number of nitrogens with zero attached hydrogens (tertiary/aromatic N) is 3. The van der Waals surface area contributed by atoms with E-state index in [1.54, 1.807) is 0 Å². The van der Waals surface area contributed by atoms with Crippen molar-refractivity contribution in [2.75, 3.05) is 19.1 Å². The molecule has 0 saturated carbocycles. The number of hydrogen-bond acceptors (Lipinski definition) is 3. The Hall–Kier alpha value is -0.650. The van der Waals surface area contributed by atoms with Crippen LogP contribution in [0.5, 0.6) is 0 Å². The molecule has 3 rings (SSSR count). The fourth-order valence-corrected chi connectivity index (χ4v) is 3.18. The van der Waals surface area contributed by atoms with Gasteiger partial charge >= 0.3 is 0 Å². The van der Waals surface area contributed by atoms with Gasteiger partial charge in [0.15, 0.2) is 5.65 Å². The number of hydrogen-bond donors (Lipinski definition) is 0. The number of halogens is 2. The highest BCUT2D eigenvalue weighted by atomic mass is 79.9. The van der Waals surface area contributed by atoms with E-state index in [0.717, 1.165) is 60.5 Å². The number of aromatic nitrogens is 3. The van der Waals surface area contributed by atoms with Gasteiger partial charge in [0.1, 0.15) is 11.3 Å². The molecule has 0 bridgehead atoms. The first kappa shape index (κ1) is 14.3. The first-order chi connectivity index (χ1) is 9.78. The van der Waals surface area contributed by atoms with Crippen LogP contribution >= 0.6 is 27.5 Å². The van der Waals surface area contributed by atoms with E-state index in [-0.39, 0.29) is 0 Å². The summed E-state index contributed by atoms with van der Waals surface area (Å²) in [5.74, 6) is 2.26. The molecule has 0 spiro atoms.